The van der Waals surface area contributed by atoms with Crippen molar-refractivity contribution in [3.63, 3.8) is 0 Å². The monoisotopic (exact) mass is 317 g/mol. The lowest BCUT2D eigenvalue weighted by Crippen LogP contribution is -2.46. The van der Waals surface area contributed by atoms with Crippen molar-refractivity contribution in [3.8, 4) is 0 Å². The number of nitrogens with zero attached hydrogens (tertiary/aromatic N) is 3. The summed E-state index contributed by atoms with van der Waals surface area (Å²) in [4.78, 5) is 22.4. The molecule has 0 saturated carbocycles. The van der Waals surface area contributed by atoms with Gasteiger partial charge in [0.05, 0.1) is 0 Å². The van der Waals surface area contributed by atoms with E-state index in [-0.39, 0.29) is 5.91 Å². The molecule has 0 atom stereocenters. The van der Waals surface area contributed by atoms with Crippen LogP contribution in [0.5, 0.6) is 0 Å². The zero-order chi connectivity index (χ0) is 16.5. The smallest absolute Gasteiger partial charge is 0.220 e. The number of guanidine groups is 1. The number of carbonyl (C=O) groups excluding carboxylic acids is 1. The molecule has 2 rings (SSSR count). The predicted octanol–water partition coefficient (Wildman–Crippen LogP) is 1.05. The molecule has 6 heteroatoms. The Morgan fingerprint density at radius 1 is 1.39 bits per heavy atom. The van der Waals surface area contributed by atoms with Crippen LogP contribution in [0.1, 0.15) is 25.0 Å². The van der Waals surface area contributed by atoms with Crippen molar-refractivity contribution in [2.45, 2.75) is 25.7 Å². The number of aromatic nitrogens is 1. The molecule has 1 aromatic rings. The van der Waals surface area contributed by atoms with Gasteiger partial charge in [-0.25, -0.2) is 0 Å². The molecule has 0 unspecified atom stereocenters. The lowest BCUT2D eigenvalue weighted by Gasteiger charge is -2.34. The summed E-state index contributed by atoms with van der Waals surface area (Å²) in [6.45, 7) is 2.72. The number of pyridine rings is 1. The van der Waals surface area contributed by atoms with Gasteiger partial charge in [0.15, 0.2) is 5.96 Å². The summed E-state index contributed by atoms with van der Waals surface area (Å²) in [7, 11) is 3.52. The molecule has 6 nitrogen and oxygen atoms in total. The van der Waals surface area contributed by atoms with Crippen LogP contribution < -0.4 is 10.6 Å². The van der Waals surface area contributed by atoms with Crippen LogP contribution in [0, 0.1) is 5.92 Å². The molecule has 1 aliphatic heterocycles. The fraction of sp³-hybridized carbons (Fsp3) is 0.588. The fourth-order valence-electron chi connectivity index (χ4n) is 2.89. The number of rotatable bonds is 5. The fourth-order valence-corrected chi connectivity index (χ4v) is 2.89. The van der Waals surface area contributed by atoms with Crippen LogP contribution >= 0.6 is 0 Å². The molecule has 2 N–H and O–H groups in total. The largest absolute Gasteiger partial charge is 0.359 e. The van der Waals surface area contributed by atoms with Gasteiger partial charge in [-0.2, -0.15) is 0 Å². The summed E-state index contributed by atoms with van der Waals surface area (Å²) in [6.07, 6.45) is 5.41. The summed E-state index contributed by atoms with van der Waals surface area (Å²) in [5.41, 5.74) is 1.08. The molecule has 1 amide bonds. The maximum absolute atomic E-state index is 11.5. The molecular weight excluding hydrogens is 290 g/mol. The molecular formula is C17H27N5O. The third kappa shape index (κ3) is 5.54. The van der Waals surface area contributed by atoms with Gasteiger partial charge in [0.25, 0.3) is 0 Å². The molecule has 1 saturated heterocycles. The highest BCUT2D eigenvalue weighted by Crippen LogP contribution is 2.20. The quantitative estimate of drug-likeness (QED) is 0.629. The molecule has 2 heterocycles. The Balaban J connectivity index is 1.73. The van der Waals surface area contributed by atoms with Crippen LogP contribution in [0.4, 0.5) is 0 Å². The number of hydrogen-bond acceptors (Lipinski definition) is 3. The van der Waals surface area contributed by atoms with Crippen molar-refractivity contribution in [2.75, 3.05) is 33.7 Å². The van der Waals surface area contributed by atoms with Gasteiger partial charge in [0.1, 0.15) is 0 Å². The number of piperidine rings is 1. The Bertz CT molecular complexity index is 509. The third-order valence-corrected chi connectivity index (χ3v) is 4.27. The molecule has 0 spiro atoms. The van der Waals surface area contributed by atoms with E-state index in [4.69, 9.17) is 0 Å². The standard InChI is InChI=1S/C17H27N5O/c1-18-16(23)13-14-7-11-22(12-8-14)17(19-2)21-10-6-15-5-3-4-9-20-15/h3-5,9,14H,6-8,10-13H2,1-2H3,(H,18,23)(H,19,21). The SMILES string of the molecule is CN=C(NCCc1ccccn1)N1CCC(CC(=O)NC)CC1. The van der Waals surface area contributed by atoms with Gasteiger partial charge in [-0.05, 0) is 30.9 Å². The first-order chi connectivity index (χ1) is 11.2. The van der Waals surface area contributed by atoms with Gasteiger partial charge in [-0.15, -0.1) is 0 Å². The molecule has 0 aliphatic carbocycles. The van der Waals surface area contributed by atoms with Crippen molar-refractivity contribution >= 4 is 11.9 Å². The highest BCUT2D eigenvalue weighted by molar-refractivity contribution is 5.80. The van der Waals surface area contributed by atoms with Crippen LogP contribution in [-0.4, -0.2) is 55.5 Å². The van der Waals surface area contributed by atoms with E-state index in [0.717, 1.165) is 50.6 Å². The minimum absolute atomic E-state index is 0.140. The molecule has 0 bridgehead atoms. The first-order valence-electron chi connectivity index (χ1n) is 8.29. The zero-order valence-corrected chi connectivity index (χ0v) is 14.1. The van der Waals surface area contributed by atoms with Crippen molar-refractivity contribution in [3.05, 3.63) is 30.1 Å². The van der Waals surface area contributed by atoms with Gasteiger partial charge >= 0.3 is 0 Å². The third-order valence-electron chi connectivity index (χ3n) is 4.27. The molecule has 1 aliphatic rings. The first kappa shape index (κ1) is 17.2. The normalized spacial score (nSPS) is 16.3. The van der Waals surface area contributed by atoms with Crippen molar-refractivity contribution < 1.29 is 4.79 Å². The number of carbonyl (C=O) groups is 1. The summed E-state index contributed by atoms with van der Waals surface area (Å²) in [5.74, 6) is 1.57. The minimum atomic E-state index is 0.140. The zero-order valence-electron chi connectivity index (χ0n) is 14.1. The van der Waals surface area contributed by atoms with E-state index in [9.17, 15) is 4.79 Å². The van der Waals surface area contributed by atoms with E-state index in [0.29, 0.717) is 12.3 Å². The molecule has 0 aromatic carbocycles. The molecule has 0 radical (unpaired) electrons. The van der Waals surface area contributed by atoms with Crippen LogP contribution in [0.25, 0.3) is 0 Å². The Hall–Kier alpha value is -2.11. The Labute approximate surface area is 138 Å². The van der Waals surface area contributed by atoms with Gasteiger partial charge in [-0.1, -0.05) is 6.07 Å². The van der Waals surface area contributed by atoms with Crippen LogP contribution in [-0.2, 0) is 11.2 Å². The number of amides is 1. The Kier molecular flexibility index (Phi) is 6.84. The summed E-state index contributed by atoms with van der Waals surface area (Å²) in [5, 5.41) is 6.12. The molecule has 126 valence electrons. The molecule has 23 heavy (non-hydrogen) atoms. The van der Waals surface area contributed by atoms with E-state index < -0.39 is 0 Å². The summed E-state index contributed by atoms with van der Waals surface area (Å²) >= 11 is 0. The Morgan fingerprint density at radius 3 is 2.78 bits per heavy atom. The number of hydrogen-bond donors (Lipinski definition) is 2. The molecule has 1 aromatic heterocycles. The van der Waals surface area contributed by atoms with Gasteiger partial charge in [-0.3, -0.25) is 14.8 Å². The van der Waals surface area contributed by atoms with Crippen LogP contribution in [0.15, 0.2) is 29.4 Å². The predicted molar refractivity (Wildman–Crippen MR) is 92.3 cm³/mol. The van der Waals surface area contributed by atoms with Crippen LogP contribution in [0.2, 0.25) is 0 Å². The topological polar surface area (TPSA) is 69.6 Å². The minimum Gasteiger partial charge on any atom is -0.359 e. The van der Waals surface area contributed by atoms with Gasteiger partial charge < -0.3 is 15.5 Å². The number of likely N-dealkylation sites (tertiary alicyclic amines) is 1. The van der Waals surface area contributed by atoms with E-state index in [2.05, 4.69) is 25.5 Å². The van der Waals surface area contributed by atoms with E-state index in [1.807, 2.05) is 31.4 Å². The highest BCUT2D eigenvalue weighted by Gasteiger charge is 2.22. The second-order valence-electron chi connectivity index (χ2n) is 5.85. The Morgan fingerprint density at radius 2 is 2.17 bits per heavy atom. The molecule has 1 fully saturated rings. The maximum atomic E-state index is 11.5. The van der Waals surface area contributed by atoms with Crippen LogP contribution in [0.3, 0.4) is 0 Å². The first-order valence-corrected chi connectivity index (χ1v) is 8.29. The van der Waals surface area contributed by atoms with Crippen molar-refractivity contribution in [1.82, 2.24) is 20.5 Å². The van der Waals surface area contributed by atoms with Gasteiger partial charge in [0.2, 0.25) is 5.91 Å². The van der Waals surface area contributed by atoms with Crippen molar-refractivity contribution in [1.29, 1.82) is 0 Å². The summed E-state index contributed by atoms with van der Waals surface area (Å²) in [6, 6.07) is 5.97. The highest BCUT2D eigenvalue weighted by atomic mass is 16.1. The van der Waals surface area contributed by atoms with E-state index >= 15 is 0 Å². The van der Waals surface area contributed by atoms with Gasteiger partial charge in [0, 0.05) is 58.5 Å². The number of aliphatic imine (C=N–C) groups is 1. The average Bonchev–Trinajstić information content (AvgIpc) is 2.60. The second kappa shape index (κ2) is 9.12. The average molecular weight is 317 g/mol. The lowest BCUT2D eigenvalue weighted by molar-refractivity contribution is -0.121. The maximum Gasteiger partial charge on any atom is 0.220 e. The number of nitrogens with one attached hydrogen (secondary N) is 2. The van der Waals surface area contributed by atoms with E-state index in [1.54, 1.807) is 7.05 Å². The lowest BCUT2D eigenvalue weighted by atomic mass is 9.93. The second-order valence-corrected chi connectivity index (χ2v) is 5.85. The summed E-state index contributed by atoms with van der Waals surface area (Å²) < 4.78 is 0. The van der Waals surface area contributed by atoms with Crippen molar-refractivity contribution in [2.24, 2.45) is 10.9 Å². The van der Waals surface area contributed by atoms with E-state index in [1.165, 1.54) is 0 Å².